The van der Waals surface area contributed by atoms with Crippen molar-refractivity contribution in [3.05, 3.63) is 11.6 Å². The molecule has 9 nitrogen and oxygen atoms in total. The highest BCUT2D eigenvalue weighted by molar-refractivity contribution is 5.82. The molecule has 4 aliphatic carbocycles. The van der Waals surface area contributed by atoms with E-state index < -0.39 is 11.9 Å². The summed E-state index contributed by atoms with van der Waals surface area (Å²) < 4.78 is 15.9. The number of carbonyl (C=O) groups excluding carboxylic acids is 4. The van der Waals surface area contributed by atoms with E-state index >= 15 is 0 Å². The van der Waals surface area contributed by atoms with E-state index in [9.17, 15) is 19.2 Å². The molecule has 4 unspecified atom stereocenters. The molecule has 3 fully saturated rings. The van der Waals surface area contributed by atoms with Crippen LogP contribution in [0.1, 0.15) is 153 Å². The van der Waals surface area contributed by atoms with Gasteiger partial charge in [0.1, 0.15) is 12.6 Å². The summed E-state index contributed by atoms with van der Waals surface area (Å²) in [5, 5.41) is 2.92. The second-order valence-electron chi connectivity index (χ2n) is 17.5. The van der Waals surface area contributed by atoms with Gasteiger partial charge < -0.3 is 24.4 Å². The van der Waals surface area contributed by atoms with Crippen LogP contribution in [0, 0.1) is 46.3 Å². The molecular formula is C43H74N2O7. The third kappa shape index (κ3) is 10.8. The van der Waals surface area contributed by atoms with Crippen LogP contribution in [0.4, 0.5) is 4.79 Å². The number of esters is 2. The van der Waals surface area contributed by atoms with Crippen molar-refractivity contribution in [3.63, 3.8) is 0 Å². The highest BCUT2D eigenvalue weighted by Gasteiger charge is 2.59. The number of rotatable bonds is 19. The monoisotopic (exact) mass is 731 g/mol. The van der Waals surface area contributed by atoms with E-state index in [2.05, 4.69) is 46.0 Å². The van der Waals surface area contributed by atoms with E-state index in [0.717, 1.165) is 67.6 Å². The molecule has 4 rings (SSSR count). The number of carbonyl (C=O) groups is 4. The van der Waals surface area contributed by atoms with E-state index in [4.69, 9.17) is 14.2 Å². The number of nitrogens with one attached hydrogen (secondary N) is 1. The molecule has 52 heavy (non-hydrogen) atoms. The lowest BCUT2D eigenvalue weighted by Crippen LogP contribution is -2.51. The van der Waals surface area contributed by atoms with Gasteiger partial charge in [-0.3, -0.25) is 14.4 Å². The molecule has 8 atom stereocenters. The molecule has 0 aliphatic heterocycles. The van der Waals surface area contributed by atoms with E-state index in [1.165, 1.54) is 61.8 Å². The molecule has 1 N–H and O–H groups in total. The molecule has 0 heterocycles. The molecule has 2 amide bonds. The fraction of sp³-hybridized carbons (Fsp3) is 0.860. The Morgan fingerprint density at radius 2 is 1.63 bits per heavy atom. The van der Waals surface area contributed by atoms with Gasteiger partial charge in [-0.2, -0.15) is 0 Å². The Bertz CT molecular complexity index is 1240. The SMILES string of the molecule is CCOC(=O)CCN(CC(=O)OCC)C(=O)CCCCCNC(=O)O[C@H]1CC[C@@]2(C)C(=CCC3C2CC[C@@]2(C)C3CC[C@@H]2C(C)CCCC(C)C)C1.[HH]. The lowest BCUT2D eigenvalue weighted by Gasteiger charge is -2.58. The number of amides is 2. The first-order valence-electron chi connectivity index (χ1n) is 21.0. The van der Waals surface area contributed by atoms with Crippen molar-refractivity contribution < 1.29 is 34.8 Å². The Morgan fingerprint density at radius 3 is 2.37 bits per heavy atom. The number of hydrogen-bond donors (Lipinski definition) is 1. The fourth-order valence-corrected chi connectivity index (χ4v) is 11.0. The van der Waals surface area contributed by atoms with Crippen LogP contribution in [0.25, 0.3) is 0 Å². The van der Waals surface area contributed by atoms with E-state index in [0.29, 0.717) is 18.4 Å². The first-order valence-corrected chi connectivity index (χ1v) is 21.0. The minimum Gasteiger partial charge on any atom is -0.466 e. The maximum absolute atomic E-state index is 12.8. The maximum atomic E-state index is 12.8. The van der Waals surface area contributed by atoms with Crippen LogP contribution in [0.2, 0.25) is 0 Å². The van der Waals surface area contributed by atoms with Crippen LogP contribution in [0.15, 0.2) is 11.6 Å². The van der Waals surface area contributed by atoms with Crippen molar-refractivity contribution in [1.82, 2.24) is 10.2 Å². The first-order chi connectivity index (χ1) is 24.8. The number of ether oxygens (including phenoxy) is 3. The van der Waals surface area contributed by atoms with Crippen molar-refractivity contribution in [1.29, 1.82) is 0 Å². The third-order valence-electron chi connectivity index (χ3n) is 13.7. The summed E-state index contributed by atoms with van der Waals surface area (Å²) in [6.45, 7) is 16.8. The van der Waals surface area contributed by atoms with Gasteiger partial charge in [0.2, 0.25) is 5.91 Å². The zero-order chi connectivity index (χ0) is 37.9. The minimum absolute atomic E-state index is 0. The molecule has 0 aromatic heterocycles. The Morgan fingerprint density at radius 1 is 0.885 bits per heavy atom. The Balaban J connectivity index is 0.00000756. The zero-order valence-electron chi connectivity index (χ0n) is 33.8. The van der Waals surface area contributed by atoms with Crippen LogP contribution < -0.4 is 5.32 Å². The van der Waals surface area contributed by atoms with E-state index in [1.54, 1.807) is 13.8 Å². The van der Waals surface area contributed by atoms with Gasteiger partial charge in [0.25, 0.3) is 0 Å². The second kappa shape index (κ2) is 19.7. The summed E-state index contributed by atoms with van der Waals surface area (Å²) in [7, 11) is 0. The van der Waals surface area contributed by atoms with Crippen LogP contribution in [0.3, 0.4) is 0 Å². The summed E-state index contributed by atoms with van der Waals surface area (Å²) in [6.07, 6.45) is 18.2. The highest BCUT2D eigenvalue weighted by Crippen LogP contribution is 2.67. The normalized spacial score (nSPS) is 29.9. The van der Waals surface area contributed by atoms with Gasteiger partial charge in [0.05, 0.1) is 19.6 Å². The highest BCUT2D eigenvalue weighted by atomic mass is 16.6. The minimum atomic E-state index is -0.495. The van der Waals surface area contributed by atoms with E-state index in [1.807, 2.05) is 0 Å². The van der Waals surface area contributed by atoms with Gasteiger partial charge in [-0.1, -0.05) is 72.0 Å². The third-order valence-corrected chi connectivity index (χ3v) is 13.7. The van der Waals surface area contributed by atoms with Crippen molar-refractivity contribution in [2.75, 3.05) is 32.8 Å². The Hall–Kier alpha value is -2.58. The van der Waals surface area contributed by atoms with Crippen LogP contribution in [-0.2, 0) is 28.6 Å². The smallest absolute Gasteiger partial charge is 0.407 e. The zero-order valence-corrected chi connectivity index (χ0v) is 33.8. The number of fused-ring (bicyclic) bond motifs is 5. The number of allylic oxidation sites excluding steroid dienone is 1. The second-order valence-corrected chi connectivity index (χ2v) is 17.5. The van der Waals surface area contributed by atoms with Crippen LogP contribution in [0.5, 0.6) is 0 Å². The number of hydrogen-bond acceptors (Lipinski definition) is 7. The summed E-state index contributed by atoms with van der Waals surface area (Å²) in [4.78, 5) is 50.8. The molecule has 0 aromatic carbocycles. The number of alkyl carbamates (subject to hydrolysis) is 1. The number of unbranched alkanes of at least 4 members (excludes halogenated alkanes) is 2. The van der Waals surface area contributed by atoms with Crippen LogP contribution in [-0.4, -0.2) is 67.8 Å². The average molecular weight is 731 g/mol. The van der Waals surface area contributed by atoms with Gasteiger partial charge in [-0.25, -0.2) is 4.79 Å². The lowest BCUT2D eigenvalue weighted by atomic mass is 9.47. The molecule has 9 heteroatoms. The quantitative estimate of drug-likeness (QED) is 0.0611. The lowest BCUT2D eigenvalue weighted by molar-refractivity contribution is -0.150. The summed E-state index contributed by atoms with van der Waals surface area (Å²) in [5.41, 5.74) is 2.25. The van der Waals surface area contributed by atoms with Crippen molar-refractivity contribution in [3.8, 4) is 0 Å². The topological polar surface area (TPSA) is 111 Å². The molecule has 0 radical (unpaired) electrons. The van der Waals surface area contributed by atoms with Gasteiger partial charge >= 0.3 is 18.0 Å². The maximum Gasteiger partial charge on any atom is 0.407 e. The Kier molecular flexibility index (Phi) is 15.9. The molecule has 0 aromatic rings. The first kappa shape index (κ1) is 42.2. The molecule has 3 saturated carbocycles. The molecule has 0 saturated heterocycles. The van der Waals surface area contributed by atoms with Crippen LogP contribution >= 0.6 is 0 Å². The molecule has 0 spiro atoms. The molecule has 298 valence electrons. The average Bonchev–Trinajstić information content (AvgIpc) is 3.45. The van der Waals surface area contributed by atoms with Gasteiger partial charge in [-0.05, 0) is 118 Å². The summed E-state index contributed by atoms with van der Waals surface area (Å²) in [6, 6.07) is 0. The predicted molar refractivity (Wildman–Crippen MR) is 206 cm³/mol. The molecular weight excluding hydrogens is 656 g/mol. The largest absolute Gasteiger partial charge is 0.466 e. The molecule has 4 aliphatic rings. The summed E-state index contributed by atoms with van der Waals surface area (Å²) >= 11 is 0. The van der Waals surface area contributed by atoms with Crippen molar-refractivity contribution in [2.45, 2.75) is 157 Å². The fourth-order valence-electron chi connectivity index (χ4n) is 11.0. The van der Waals surface area contributed by atoms with E-state index in [-0.39, 0.29) is 64.1 Å². The van der Waals surface area contributed by atoms with Gasteiger partial charge in [0, 0.05) is 27.4 Å². The molecule has 0 bridgehead atoms. The Labute approximate surface area is 316 Å². The van der Waals surface area contributed by atoms with Crippen molar-refractivity contribution in [2.24, 2.45) is 46.3 Å². The van der Waals surface area contributed by atoms with Gasteiger partial charge in [-0.15, -0.1) is 0 Å². The van der Waals surface area contributed by atoms with Crippen molar-refractivity contribution >= 4 is 23.9 Å². The standard InChI is InChI=1S/C43H72N2O7.H2/c1-8-50-39(47)23-27-45(29-40(48)51-9-2)38(46)16-11-10-12-26-44-41(49)52-33-21-24-42(6)32(28-33)17-18-34-36-20-19-35(31(5)15-13-14-30(3)4)43(36,7)25-22-37(34)42;/h17,30-31,33-37H,8-16,18-29H2,1-7H3,(H,44,49);1H/t31?,33-,34?,35+,36?,37?,42-,43+;/m0./s1. The van der Waals surface area contributed by atoms with Gasteiger partial charge in [0.15, 0.2) is 0 Å². The summed E-state index contributed by atoms with van der Waals surface area (Å²) in [5.74, 6) is 3.79. The number of nitrogens with zero attached hydrogens (tertiary/aromatic N) is 1. The predicted octanol–water partition coefficient (Wildman–Crippen LogP) is 9.27.